The van der Waals surface area contributed by atoms with Crippen molar-refractivity contribution in [2.24, 2.45) is 0 Å². The molecular formula is C39H68O15P2. The number of carbonyl (C=O) groups is 2. The highest BCUT2D eigenvalue weighted by atomic mass is 31.2. The van der Waals surface area contributed by atoms with Gasteiger partial charge in [-0.25, -0.2) is 9.13 Å². The van der Waals surface area contributed by atoms with Crippen LogP contribution in [0.1, 0.15) is 117 Å². The third kappa shape index (κ3) is 37.3. The number of phosphoric ester groups is 2. The standard InChI is InChI=1S/C39H68O15P2/c1-3-5-7-9-11-13-15-16-18-20-22-24-26-28-39(44)50-30-36(41)32-52-56(47,48)54-34-37(42)33-53-55(45,46)51-31-35(40)29-49-38(43)27-25-23-21-19-17-14-12-10-8-6-4-2/h5,7,9-13,15-16,18,35-37,40-42H,3-4,6,8,14,17,19-34H2,1-2H3,(H,45,46)(H,47,48)/b7-5+,11-9+,12-10-,15-13-,18-16-. The number of phosphoric acid groups is 2. The highest BCUT2D eigenvalue weighted by Crippen LogP contribution is 2.45. The molecule has 0 aliphatic carbocycles. The number of aliphatic hydroxyl groups is 3. The van der Waals surface area contributed by atoms with Crippen LogP contribution in [-0.4, -0.2) is 95.0 Å². The molecule has 0 radical (unpaired) electrons. The predicted octanol–water partition coefficient (Wildman–Crippen LogP) is 7.49. The topological polar surface area (TPSA) is 225 Å². The lowest BCUT2D eigenvalue weighted by molar-refractivity contribution is -0.148. The molecule has 0 saturated carbocycles. The predicted molar refractivity (Wildman–Crippen MR) is 214 cm³/mol. The molecule has 0 aliphatic heterocycles. The molecule has 17 heteroatoms. The van der Waals surface area contributed by atoms with E-state index in [0.717, 1.165) is 64.2 Å². The summed E-state index contributed by atoms with van der Waals surface area (Å²) < 4.78 is 52.6. The third-order valence-corrected chi connectivity index (χ3v) is 9.45. The minimum absolute atomic E-state index is 0.148. The van der Waals surface area contributed by atoms with E-state index in [2.05, 4.69) is 50.2 Å². The second-order valence-electron chi connectivity index (χ2n) is 13.0. The Bertz CT molecular complexity index is 1250. The van der Waals surface area contributed by atoms with Crippen molar-refractivity contribution in [3.8, 4) is 0 Å². The largest absolute Gasteiger partial charge is 0.472 e. The molecule has 5 N–H and O–H groups in total. The van der Waals surface area contributed by atoms with Gasteiger partial charge in [0.15, 0.2) is 0 Å². The molecule has 0 bridgehead atoms. The lowest BCUT2D eigenvalue weighted by atomic mass is 10.1. The summed E-state index contributed by atoms with van der Waals surface area (Å²) in [6.07, 6.45) is 29.5. The van der Waals surface area contributed by atoms with Gasteiger partial charge in [0.05, 0.1) is 26.4 Å². The van der Waals surface area contributed by atoms with Crippen molar-refractivity contribution >= 4 is 27.6 Å². The van der Waals surface area contributed by atoms with Gasteiger partial charge in [0.1, 0.15) is 31.5 Å². The van der Waals surface area contributed by atoms with Crippen LogP contribution in [0.25, 0.3) is 0 Å². The Morgan fingerprint density at radius 1 is 0.482 bits per heavy atom. The van der Waals surface area contributed by atoms with E-state index in [1.165, 1.54) is 12.8 Å². The Labute approximate surface area is 333 Å². The minimum atomic E-state index is -4.79. The minimum Gasteiger partial charge on any atom is -0.463 e. The fourth-order valence-electron chi connectivity index (χ4n) is 4.44. The maximum absolute atomic E-state index is 12.1. The fourth-order valence-corrected chi connectivity index (χ4v) is 6.03. The summed E-state index contributed by atoms with van der Waals surface area (Å²) >= 11 is 0. The lowest BCUT2D eigenvalue weighted by Crippen LogP contribution is -2.25. The number of unbranched alkanes of at least 4 members (excludes halogenated alkanes) is 10. The van der Waals surface area contributed by atoms with E-state index in [9.17, 15) is 43.8 Å². The van der Waals surface area contributed by atoms with Crippen LogP contribution in [0.3, 0.4) is 0 Å². The first kappa shape index (κ1) is 53.7. The number of hydrogen-bond acceptors (Lipinski definition) is 13. The molecule has 0 spiro atoms. The number of rotatable bonds is 37. The van der Waals surface area contributed by atoms with E-state index < -0.39 is 85.5 Å². The van der Waals surface area contributed by atoms with Crippen molar-refractivity contribution in [3.05, 3.63) is 60.8 Å². The number of allylic oxidation sites excluding steroid dienone is 10. The van der Waals surface area contributed by atoms with Crippen molar-refractivity contribution < 1.29 is 71.4 Å². The van der Waals surface area contributed by atoms with Gasteiger partial charge in [0.2, 0.25) is 0 Å². The van der Waals surface area contributed by atoms with E-state index >= 15 is 0 Å². The van der Waals surface area contributed by atoms with Gasteiger partial charge in [-0.2, -0.15) is 0 Å². The van der Waals surface area contributed by atoms with Crippen LogP contribution in [-0.2, 0) is 46.3 Å². The van der Waals surface area contributed by atoms with Gasteiger partial charge >= 0.3 is 27.6 Å². The molecule has 5 atom stereocenters. The first-order valence-electron chi connectivity index (χ1n) is 19.7. The fraction of sp³-hybridized carbons (Fsp3) is 0.692. The molecule has 0 aromatic heterocycles. The number of esters is 2. The summed E-state index contributed by atoms with van der Waals surface area (Å²) in [5.41, 5.74) is 0. The average molecular weight is 839 g/mol. The Kier molecular flexibility index (Phi) is 34.4. The van der Waals surface area contributed by atoms with Crippen molar-refractivity contribution in [1.82, 2.24) is 0 Å². The molecule has 0 heterocycles. The number of ether oxygens (including phenoxy) is 2. The summed E-state index contributed by atoms with van der Waals surface area (Å²) in [5, 5.41) is 29.8. The summed E-state index contributed by atoms with van der Waals surface area (Å²) in [6.45, 7) is 0.124. The van der Waals surface area contributed by atoms with Crippen molar-refractivity contribution in [2.75, 3.05) is 39.6 Å². The number of aliphatic hydroxyl groups excluding tert-OH is 3. The maximum Gasteiger partial charge on any atom is 0.472 e. The van der Waals surface area contributed by atoms with Crippen molar-refractivity contribution in [1.29, 1.82) is 0 Å². The Balaban J connectivity index is 4.02. The zero-order valence-corrected chi connectivity index (χ0v) is 35.1. The Hall–Kier alpha value is -2.26. The first-order chi connectivity index (χ1) is 26.8. The van der Waals surface area contributed by atoms with E-state index in [1.54, 1.807) is 0 Å². The molecule has 0 aliphatic rings. The van der Waals surface area contributed by atoms with Crippen LogP contribution in [0.5, 0.6) is 0 Å². The quantitative estimate of drug-likeness (QED) is 0.0134. The lowest BCUT2D eigenvalue weighted by Gasteiger charge is -2.19. The highest BCUT2D eigenvalue weighted by Gasteiger charge is 2.28. The van der Waals surface area contributed by atoms with Crippen LogP contribution >= 0.6 is 15.6 Å². The summed E-state index contributed by atoms with van der Waals surface area (Å²) in [6, 6.07) is 0. The highest BCUT2D eigenvalue weighted by molar-refractivity contribution is 7.47. The molecule has 0 rings (SSSR count). The van der Waals surface area contributed by atoms with Crippen LogP contribution < -0.4 is 0 Å². The first-order valence-corrected chi connectivity index (χ1v) is 22.7. The van der Waals surface area contributed by atoms with Gasteiger partial charge in [0.25, 0.3) is 0 Å². The molecule has 0 amide bonds. The molecule has 15 nitrogen and oxygen atoms in total. The summed E-state index contributed by atoms with van der Waals surface area (Å²) in [7, 11) is -9.57. The van der Waals surface area contributed by atoms with Gasteiger partial charge in [-0.15, -0.1) is 0 Å². The van der Waals surface area contributed by atoms with Gasteiger partial charge in [0, 0.05) is 12.8 Å². The van der Waals surface area contributed by atoms with Gasteiger partial charge < -0.3 is 34.6 Å². The van der Waals surface area contributed by atoms with E-state index in [1.807, 2.05) is 42.5 Å². The summed E-state index contributed by atoms with van der Waals surface area (Å²) in [4.78, 5) is 43.4. The van der Waals surface area contributed by atoms with Crippen LogP contribution in [0.4, 0.5) is 0 Å². The van der Waals surface area contributed by atoms with Crippen LogP contribution in [0.15, 0.2) is 60.8 Å². The van der Waals surface area contributed by atoms with Crippen molar-refractivity contribution in [2.45, 2.75) is 135 Å². The second kappa shape index (κ2) is 35.9. The molecular weight excluding hydrogens is 770 g/mol. The smallest absolute Gasteiger partial charge is 0.463 e. The van der Waals surface area contributed by atoms with Gasteiger partial charge in [-0.1, -0.05) is 113 Å². The molecule has 56 heavy (non-hydrogen) atoms. The zero-order chi connectivity index (χ0) is 41.8. The number of carbonyl (C=O) groups excluding carboxylic acids is 2. The van der Waals surface area contributed by atoms with E-state index in [0.29, 0.717) is 12.8 Å². The second-order valence-corrected chi connectivity index (χ2v) is 15.9. The van der Waals surface area contributed by atoms with E-state index in [-0.39, 0.29) is 12.8 Å². The third-order valence-electron chi connectivity index (χ3n) is 7.55. The molecule has 0 saturated heterocycles. The SMILES string of the molecule is CC/C=C/C=C/C=C\C=C/CCCCCC(=O)OCC(O)COP(=O)(O)OCC(O)COP(=O)(O)OCC(O)COC(=O)CCCCCCC/C=C\CCCC. The van der Waals surface area contributed by atoms with Crippen molar-refractivity contribution in [3.63, 3.8) is 0 Å². The molecule has 324 valence electrons. The normalized spacial score (nSPS) is 16.2. The summed E-state index contributed by atoms with van der Waals surface area (Å²) in [5.74, 6) is -1.05. The Morgan fingerprint density at radius 2 is 0.839 bits per heavy atom. The zero-order valence-electron chi connectivity index (χ0n) is 33.3. The van der Waals surface area contributed by atoms with E-state index in [4.69, 9.17) is 9.47 Å². The van der Waals surface area contributed by atoms with Gasteiger partial charge in [-0.3, -0.25) is 27.7 Å². The maximum atomic E-state index is 12.1. The van der Waals surface area contributed by atoms with Crippen LogP contribution in [0.2, 0.25) is 0 Å². The monoisotopic (exact) mass is 838 g/mol. The Morgan fingerprint density at radius 3 is 1.30 bits per heavy atom. The molecule has 0 fully saturated rings. The number of hydrogen-bond donors (Lipinski definition) is 5. The molecule has 5 unspecified atom stereocenters. The molecule has 0 aromatic rings. The average Bonchev–Trinajstić information content (AvgIpc) is 3.17. The van der Waals surface area contributed by atoms with Crippen LogP contribution in [0, 0.1) is 0 Å². The van der Waals surface area contributed by atoms with Gasteiger partial charge in [-0.05, 0) is 51.4 Å². The molecule has 0 aromatic carbocycles.